The van der Waals surface area contributed by atoms with Gasteiger partial charge in [0.25, 0.3) is 0 Å². The molecule has 0 bridgehead atoms. The molecule has 14 heavy (non-hydrogen) atoms. The molecule has 6 heteroatoms. The van der Waals surface area contributed by atoms with Crippen LogP contribution in [0.5, 0.6) is 0 Å². The molecule has 0 unspecified atom stereocenters. The minimum absolute atomic E-state index is 0. The molecule has 0 spiro atoms. The molecule has 3 nitrogen and oxygen atoms in total. The van der Waals surface area contributed by atoms with Gasteiger partial charge in [-0.2, -0.15) is 0 Å². The number of hydrogen-bond acceptors (Lipinski definition) is 2. The third kappa shape index (κ3) is 5.39. The zero-order valence-electron chi connectivity index (χ0n) is 8.11. The third-order valence-electron chi connectivity index (χ3n) is 1.48. The molecule has 0 fully saturated rings. The van der Waals surface area contributed by atoms with E-state index >= 15 is 0 Å². The van der Waals surface area contributed by atoms with Crippen LogP contribution < -0.4 is 29.7 Å². The maximum Gasteiger partial charge on any atom is 2.00 e. The van der Waals surface area contributed by atoms with Crippen molar-refractivity contribution in [3.8, 4) is 0 Å². The van der Waals surface area contributed by atoms with E-state index < -0.39 is 0 Å². The fourth-order valence-corrected chi connectivity index (χ4v) is 0.817. The van der Waals surface area contributed by atoms with Gasteiger partial charge in [0.15, 0.2) is 4.98 Å². The van der Waals surface area contributed by atoms with Gasteiger partial charge < -0.3 is 29.7 Å². The van der Waals surface area contributed by atoms with Crippen LogP contribution in [0, 0.1) is 5.39 Å². The maximum atomic E-state index is 8.38. The molecule has 0 aliphatic carbocycles. The number of nitrogens with zero attached hydrogens (tertiary/aromatic N) is 3. The Morgan fingerprint density at radius 2 is 1.50 bits per heavy atom. The first-order valence-electron chi connectivity index (χ1n) is 3.36. The van der Waals surface area contributed by atoms with Gasteiger partial charge in [-0.3, -0.25) is 0 Å². The topological polar surface area (TPSA) is 31.4 Å². The zero-order valence-corrected chi connectivity index (χ0v) is 12.6. The van der Waals surface area contributed by atoms with Crippen LogP contribution in [-0.4, -0.2) is 14.1 Å². The standard InChI is InChI=1S/C8H10N3.2ClH.Zn/c1-11(2)8-5-3-7(10-9)4-6-8;;;/h3-6H,1-2H3;2*1H;/q+1;;;+2/p-2. The second-order valence-corrected chi connectivity index (χ2v) is 2.51. The first kappa shape index (κ1) is 19.3. The Morgan fingerprint density at radius 3 is 1.79 bits per heavy atom. The summed E-state index contributed by atoms with van der Waals surface area (Å²) in [6, 6.07) is 7.31. The molecular weight excluding hydrogens is 274 g/mol. The summed E-state index contributed by atoms with van der Waals surface area (Å²) in [5.74, 6) is 0. The second kappa shape index (κ2) is 9.21. The van der Waals surface area contributed by atoms with Crippen molar-refractivity contribution in [2.45, 2.75) is 0 Å². The van der Waals surface area contributed by atoms with Gasteiger partial charge in [0.1, 0.15) is 0 Å². The molecule has 1 aromatic carbocycles. The zero-order chi connectivity index (χ0) is 8.27. The predicted octanol–water partition coefficient (Wildman–Crippen LogP) is -3.76. The largest absolute Gasteiger partial charge is 2.00 e. The molecule has 0 atom stereocenters. The molecule has 0 saturated carbocycles. The number of halogens is 2. The minimum atomic E-state index is 0. The van der Waals surface area contributed by atoms with Crippen molar-refractivity contribution in [3.05, 3.63) is 29.2 Å². The Balaban J connectivity index is -0.000000403. The normalized spacial score (nSPS) is 6.93. The number of diazo groups is 1. The first-order valence-corrected chi connectivity index (χ1v) is 3.36. The van der Waals surface area contributed by atoms with E-state index in [9.17, 15) is 0 Å². The van der Waals surface area contributed by atoms with Crippen LogP contribution in [0.25, 0.3) is 4.98 Å². The van der Waals surface area contributed by atoms with Crippen molar-refractivity contribution < 1.29 is 44.3 Å². The van der Waals surface area contributed by atoms with E-state index in [0.29, 0.717) is 5.69 Å². The van der Waals surface area contributed by atoms with E-state index in [2.05, 4.69) is 4.98 Å². The van der Waals surface area contributed by atoms with Gasteiger partial charge in [-0.25, -0.2) is 0 Å². The summed E-state index contributed by atoms with van der Waals surface area (Å²) < 4.78 is 0. The molecule has 0 aromatic heterocycles. The van der Waals surface area contributed by atoms with Gasteiger partial charge >= 0.3 is 25.2 Å². The van der Waals surface area contributed by atoms with E-state index in [1.807, 2.05) is 31.1 Å². The smallest absolute Gasteiger partial charge is 1.00 e. The summed E-state index contributed by atoms with van der Waals surface area (Å²) in [5.41, 5.74) is 1.67. The average molecular weight is 284 g/mol. The fraction of sp³-hybridized carbons (Fsp3) is 0.250. The summed E-state index contributed by atoms with van der Waals surface area (Å²) in [5, 5.41) is 8.38. The van der Waals surface area contributed by atoms with Crippen molar-refractivity contribution >= 4 is 11.4 Å². The number of benzene rings is 1. The summed E-state index contributed by atoms with van der Waals surface area (Å²) in [7, 11) is 3.93. The fourth-order valence-electron chi connectivity index (χ4n) is 0.817. The van der Waals surface area contributed by atoms with E-state index in [4.69, 9.17) is 5.39 Å². The summed E-state index contributed by atoms with van der Waals surface area (Å²) in [6.07, 6.45) is 0. The number of rotatable bonds is 1. The quantitative estimate of drug-likeness (QED) is 0.392. The van der Waals surface area contributed by atoms with E-state index in [1.54, 1.807) is 12.1 Å². The molecule has 1 aromatic rings. The first-order chi connectivity index (χ1) is 5.24. The van der Waals surface area contributed by atoms with Gasteiger partial charge in [-0.1, -0.05) is 0 Å². The Labute approximate surface area is 109 Å². The van der Waals surface area contributed by atoms with Crippen molar-refractivity contribution in [3.63, 3.8) is 0 Å². The molecule has 0 heterocycles. The summed E-state index contributed by atoms with van der Waals surface area (Å²) in [4.78, 5) is 5.04. The Hall–Kier alpha value is -0.357. The van der Waals surface area contributed by atoms with E-state index in [-0.39, 0.29) is 44.3 Å². The maximum absolute atomic E-state index is 8.38. The Bertz CT molecular complexity index is 282. The molecule has 0 N–H and O–H groups in total. The minimum Gasteiger partial charge on any atom is -1.00 e. The Morgan fingerprint density at radius 1 is 1.07 bits per heavy atom. The van der Waals surface area contributed by atoms with Crippen LogP contribution in [0.1, 0.15) is 0 Å². The molecule has 0 aliphatic rings. The monoisotopic (exact) mass is 282 g/mol. The Kier molecular flexibility index (Phi) is 12.7. The molecule has 0 amide bonds. The van der Waals surface area contributed by atoms with Gasteiger partial charge in [-0.15, -0.1) is 0 Å². The van der Waals surface area contributed by atoms with Crippen LogP contribution >= 0.6 is 0 Å². The van der Waals surface area contributed by atoms with Gasteiger partial charge in [-0.05, 0) is 12.1 Å². The van der Waals surface area contributed by atoms with Crippen LogP contribution in [0.3, 0.4) is 0 Å². The second-order valence-electron chi connectivity index (χ2n) is 2.51. The van der Waals surface area contributed by atoms with Gasteiger partial charge in [0.2, 0.25) is 5.39 Å². The van der Waals surface area contributed by atoms with Crippen LogP contribution in [0.4, 0.5) is 11.4 Å². The molecule has 0 radical (unpaired) electrons. The van der Waals surface area contributed by atoms with E-state index in [0.717, 1.165) is 5.69 Å². The summed E-state index contributed by atoms with van der Waals surface area (Å²) >= 11 is 0. The molecule has 0 aliphatic heterocycles. The number of anilines is 1. The van der Waals surface area contributed by atoms with E-state index in [1.165, 1.54) is 0 Å². The predicted molar refractivity (Wildman–Crippen MR) is 45.5 cm³/mol. The summed E-state index contributed by atoms with van der Waals surface area (Å²) in [6.45, 7) is 0. The molecule has 72 valence electrons. The van der Waals surface area contributed by atoms with Crippen molar-refractivity contribution in [2.75, 3.05) is 19.0 Å². The molecule has 1 rings (SSSR count). The molecule has 0 saturated heterocycles. The van der Waals surface area contributed by atoms with Crippen LogP contribution in [-0.2, 0) is 19.5 Å². The van der Waals surface area contributed by atoms with Gasteiger partial charge in [0.05, 0.1) is 0 Å². The van der Waals surface area contributed by atoms with Crippen molar-refractivity contribution in [1.82, 2.24) is 0 Å². The molecular formula is C8H10Cl2N3Zn+. The third-order valence-corrected chi connectivity index (χ3v) is 1.48. The van der Waals surface area contributed by atoms with Gasteiger partial charge in [0, 0.05) is 31.9 Å². The van der Waals surface area contributed by atoms with Crippen molar-refractivity contribution in [1.29, 1.82) is 5.39 Å². The van der Waals surface area contributed by atoms with Crippen LogP contribution in [0.2, 0.25) is 0 Å². The SMILES string of the molecule is CN(C)c1ccc([N+]#N)cc1.[Cl-].[Cl-].[Zn+2]. The van der Waals surface area contributed by atoms with Crippen molar-refractivity contribution in [2.24, 2.45) is 0 Å². The van der Waals surface area contributed by atoms with Crippen LogP contribution in [0.15, 0.2) is 24.3 Å². The number of hydrogen-bond donors (Lipinski definition) is 0. The average Bonchev–Trinajstić information content (AvgIpc) is 2.05.